The van der Waals surface area contributed by atoms with Crippen molar-refractivity contribution >= 4 is 11.9 Å². The summed E-state index contributed by atoms with van der Waals surface area (Å²) < 4.78 is 5.50. The molecule has 0 aliphatic carbocycles. The summed E-state index contributed by atoms with van der Waals surface area (Å²) in [5, 5.41) is 23.2. The molecular weight excluding hydrogens is 1040 g/mol. The van der Waals surface area contributed by atoms with E-state index in [9.17, 15) is 19.8 Å². The summed E-state index contributed by atoms with van der Waals surface area (Å²) in [5.41, 5.74) is 0. The first-order valence-corrected chi connectivity index (χ1v) is 38.8. The third kappa shape index (κ3) is 71.0. The molecule has 6 heteroatoms. The maximum absolute atomic E-state index is 12.5. The van der Waals surface area contributed by atoms with Gasteiger partial charge in [-0.3, -0.25) is 9.59 Å². The third-order valence-corrected chi connectivity index (χ3v) is 18.1. The zero-order valence-corrected chi connectivity index (χ0v) is 57.6. The van der Waals surface area contributed by atoms with Crippen molar-refractivity contribution in [2.75, 3.05) is 13.2 Å². The van der Waals surface area contributed by atoms with Crippen LogP contribution in [0.3, 0.4) is 0 Å². The summed E-state index contributed by atoms with van der Waals surface area (Å²) >= 11 is 0. The van der Waals surface area contributed by atoms with Crippen molar-refractivity contribution in [2.24, 2.45) is 0 Å². The van der Waals surface area contributed by atoms with Gasteiger partial charge in [0.25, 0.3) is 0 Å². The largest absolute Gasteiger partial charge is 0.466 e. The molecule has 0 radical (unpaired) electrons. The van der Waals surface area contributed by atoms with Gasteiger partial charge in [-0.25, -0.2) is 0 Å². The van der Waals surface area contributed by atoms with Crippen molar-refractivity contribution in [1.29, 1.82) is 0 Å². The van der Waals surface area contributed by atoms with Gasteiger partial charge in [-0.05, 0) is 83.5 Å². The Kier molecular flexibility index (Phi) is 72.9. The third-order valence-electron chi connectivity index (χ3n) is 18.1. The number of rotatable bonds is 73. The monoisotopic (exact) mass is 1190 g/mol. The number of hydrogen-bond donors (Lipinski definition) is 3. The minimum absolute atomic E-state index is 0.0149. The van der Waals surface area contributed by atoms with E-state index in [-0.39, 0.29) is 18.5 Å². The van der Waals surface area contributed by atoms with Crippen LogP contribution in [0.15, 0.2) is 36.5 Å². The normalized spacial score (nSPS) is 12.7. The van der Waals surface area contributed by atoms with Crippen molar-refractivity contribution < 1.29 is 24.5 Å². The molecule has 502 valence electrons. The number of ether oxygens (including phenoxy) is 1. The highest BCUT2D eigenvalue weighted by Crippen LogP contribution is 2.19. The van der Waals surface area contributed by atoms with Crippen LogP contribution in [0.5, 0.6) is 0 Å². The molecule has 0 fully saturated rings. The Bertz CT molecular complexity index is 1380. The van der Waals surface area contributed by atoms with Crippen LogP contribution in [-0.4, -0.2) is 47.4 Å². The Hall–Kier alpha value is -1.92. The Morgan fingerprint density at radius 3 is 0.835 bits per heavy atom. The van der Waals surface area contributed by atoms with Crippen LogP contribution in [0.4, 0.5) is 0 Å². The minimum Gasteiger partial charge on any atom is -0.466 e. The van der Waals surface area contributed by atoms with Gasteiger partial charge in [0.15, 0.2) is 0 Å². The molecule has 0 heterocycles. The Balaban J connectivity index is 3.32. The SMILES string of the molecule is CCCCCCCC/C=C\CCCCCCCC(=O)OCCCCCCCCCCCCCCCCCCCC/C=C\CCCCCCCCCCCCCCCCCCCC(=O)NC(CO)C(O)/C=C/CCCCCCCCCCCCCC. The number of amides is 1. The summed E-state index contributed by atoms with van der Waals surface area (Å²) in [5.74, 6) is -0.0466. The quantitative estimate of drug-likeness (QED) is 0.0320. The molecule has 0 aliphatic heterocycles. The van der Waals surface area contributed by atoms with E-state index >= 15 is 0 Å². The molecule has 0 aliphatic rings. The van der Waals surface area contributed by atoms with Gasteiger partial charge < -0.3 is 20.3 Å². The predicted molar refractivity (Wildman–Crippen MR) is 375 cm³/mol. The first-order chi connectivity index (χ1) is 42.0. The predicted octanol–water partition coefficient (Wildman–Crippen LogP) is 25.4. The van der Waals surface area contributed by atoms with Gasteiger partial charge in [-0.1, -0.05) is 371 Å². The molecule has 2 unspecified atom stereocenters. The highest BCUT2D eigenvalue weighted by atomic mass is 16.5. The van der Waals surface area contributed by atoms with E-state index in [1.165, 1.54) is 360 Å². The van der Waals surface area contributed by atoms with Crippen molar-refractivity contribution in [3.8, 4) is 0 Å². The lowest BCUT2D eigenvalue weighted by Crippen LogP contribution is -2.45. The van der Waals surface area contributed by atoms with Gasteiger partial charge in [0.05, 0.1) is 25.4 Å². The van der Waals surface area contributed by atoms with Gasteiger partial charge >= 0.3 is 5.97 Å². The fourth-order valence-corrected chi connectivity index (χ4v) is 12.2. The van der Waals surface area contributed by atoms with Crippen LogP contribution in [0.2, 0.25) is 0 Å². The van der Waals surface area contributed by atoms with E-state index in [0.29, 0.717) is 19.4 Å². The standard InChI is InChI=1S/C79H151NO5/c1-3-5-7-9-11-13-15-17-44-49-53-57-61-65-69-73-79(84)85-74-70-66-62-58-54-50-46-43-41-39-37-35-33-31-29-27-25-23-21-19-20-22-24-26-28-30-32-34-36-38-40-42-45-48-52-56-60-64-68-72-78(83)80-76(75-81)77(82)71-67-63-59-55-51-47-18-16-14-12-10-8-6-4-2/h17,19-20,44,67,71,76-77,81-82H,3-16,18,21-43,45-66,68-70,72-75H2,1-2H3,(H,80,83)/b20-19-,44-17-,71-67+. The van der Waals surface area contributed by atoms with Crippen LogP contribution in [-0.2, 0) is 14.3 Å². The topological polar surface area (TPSA) is 95.9 Å². The lowest BCUT2D eigenvalue weighted by molar-refractivity contribution is -0.143. The number of aliphatic hydroxyl groups is 2. The van der Waals surface area contributed by atoms with E-state index < -0.39 is 12.1 Å². The van der Waals surface area contributed by atoms with E-state index in [1.807, 2.05) is 6.08 Å². The molecular formula is C79H151NO5. The molecule has 2 atom stereocenters. The van der Waals surface area contributed by atoms with Crippen molar-refractivity contribution in [2.45, 2.75) is 443 Å². The van der Waals surface area contributed by atoms with Crippen LogP contribution >= 0.6 is 0 Å². The van der Waals surface area contributed by atoms with Crippen molar-refractivity contribution in [3.05, 3.63) is 36.5 Å². The zero-order chi connectivity index (χ0) is 61.3. The molecule has 85 heavy (non-hydrogen) atoms. The van der Waals surface area contributed by atoms with Gasteiger partial charge in [-0.15, -0.1) is 0 Å². The smallest absolute Gasteiger partial charge is 0.305 e. The fraction of sp³-hybridized carbons (Fsp3) is 0.899. The number of allylic oxidation sites excluding steroid dienone is 5. The highest BCUT2D eigenvalue weighted by molar-refractivity contribution is 5.76. The molecule has 3 N–H and O–H groups in total. The number of hydrogen-bond acceptors (Lipinski definition) is 5. The van der Waals surface area contributed by atoms with Crippen LogP contribution in [0.1, 0.15) is 431 Å². The van der Waals surface area contributed by atoms with E-state index in [1.54, 1.807) is 6.08 Å². The molecule has 6 nitrogen and oxygen atoms in total. The van der Waals surface area contributed by atoms with E-state index in [0.717, 1.165) is 44.9 Å². The van der Waals surface area contributed by atoms with Gasteiger partial charge in [0.1, 0.15) is 0 Å². The summed E-state index contributed by atoms with van der Waals surface area (Å²) in [4.78, 5) is 24.6. The Labute approximate surface area is 532 Å². The number of carbonyl (C=O) groups is 2. The van der Waals surface area contributed by atoms with Crippen molar-refractivity contribution in [1.82, 2.24) is 5.32 Å². The van der Waals surface area contributed by atoms with E-state index in [2.05, 4.69) is 43.5 Å². The maximum atomic E-state index is 12.5. The summed E-state index contributed by atoms with van der Waals surface area (Å²) in [6, 6.07) is -0.624. The lowest BCUT2D eigenvalue weighted by Gasteiger charge is -2.20. The lowest BCUT2D eigenvalue weighted by atomic mass is 10.0. The molecule has 0 saturated carbocycles. The second-order valence-corrected chi connectivity index (χ2v) is 26.7. The molecule has 1 amide bonds. The van der Waals surface area contributed by atoms with E-state index in [4.69, 9.17) is 4.74 Å². The van der Waals surface area contributed by atoms with Gasteiger partial charge in [-0.2, -0.15) is 0 Å². The maximum Gasteiger partial charge on any atom is 0.305 e. The average molecular weight is 1200 g/mol. The molecule has 0 aromatic rings. The minimum atomic E-state index is -0.841. The van der Waals surface area contributed by atoms with Crippen LogP contribution < -0.4 is 5.32 Å². The fourth-order valence-electron chi connectivity index (χ4n) is 12.2. The number of nitrogens with one attached hydrogen (secondary N) is 1. The molecule has 0 rings (SSSR count). The Morgan fingerprint density at radius 1 is 0.318 bits per heavy atom. The molecule has 0 saturated heterocycles. The van der Waals surface area contributed by atoms with Crippen LogP contribution in [0, 0.1) is 0 Å². The number of aliphatic hydroxyl groups excluding tert-OH is 2. The second-order valence-electron chi connectivity index (χ2n) is 26.7. The molecule has 0 spiro atoms. The molecule has 0 bridgehead atoms. The summed E-state index contributed by atoms with van der Waals surface area (Å²) in [6.45, 7) is 4.93. The Morgan fingerprint density at radius 2 is 0.553 bits per heavy atom. The van der Waals surface area contributed by atoms with Crippen molar-refractivity contribution in [3.63, 3.8) is 0 Å². The van der Waals surface area contributed by atoms with Gasteiger partial charge in [0.2, 0.25) is 5.91 Å². The highest BCUT2D eigenvalue weighted by Gasteiger charge is 2.18. The summed E-state index contributed by atoms with van der Waals surface area (Å²) in [7, 11) is 0. The van der Waals surface area contributed by atoms with Gasteiger partial charge in [0, 0.05) is 12.8 Å². The number of unbranched alkanes of at least 4 members (excludes halogenated alkanes) is 58. The zero-order valence-electron chi connectivity index (χ0n) is 57.6. The number of carbonyl (C=O) groups excluding carboxylic acids is 2. The first-order valence-electron chi connectivity index (χ1n) is 38.8. The average Bonchev–Trinajstić information content (AvgIpc) is 3.52. The van der Waals surface area contributed by atoms with Crippen LogP contribution in [0.25, 0.3) is 0 Å². The first kappa shape index (κ1) is 83.1. The second kappa shape index (κ2) is 74.5. The summed E-state index contributed by atoms with van der Waals surface area (Å²) in [6.07, 6.45) is 97.0. The molecule has 0 aromatic heterocycles. The number of esters is 1. The molecule has 0 aromatic carbocycles.